The summed E-state index contributed by atoms with van der Waals surface area (Å²) in [4.78, 5) is 11.2. The quantitative estimate of drug-likeness (QED) is 0.722. The number of benzene rings is 1. The fourth-order valence-corrected chi connectivity index (χ4v) is 1.43. The maximum atomic E-state index is 13.4. The zero-order valence-electron chi connectivity index (χ0n) is 7.90. The summed E-state index contributed by atoms with van der Waals surface area (Å²) in [5, 5.41) is 9.30. The number of ether oxygens (including phenoxy) is 1. The molecular formula is C10H8FNO3. The number of methoxy groups -OCH3 is 1. The lowest BCUT2D eigenvalue weighted by atomic mass is 10.2. The number of carbonyl (C=O) groups is 1. The van der Waals surface area contributed by atoms with E-state index in [9.17, 15) is 9.18 Å². The van der Waals surface area contributed by atoms with Crippen LogP contribution in [0.25, 0.3) is 10.9 Å². The van der Waals surface area contributed by atoms with Gasteiger partial charge in [-0.2, -0.15) is 0 Å². The van der Waals surface area contributed by atoms with Crippen LogP contribution in [0.15, 0.2) is 24.4 Å². The fourth-order valence-electron chi connectivity index (χ4n) is 1.43. The molecule has 0 aliphatic carbocycles. The van der Waals surface area contributed by atoms with Crippen LogP contribution in [0.4, 0.5) is 9.18 Å². The van der Waals surface area contributed by atoms with Crippen LogP contribution in [0, 0.1) is 5.82 Å². The zero-order valence-corrected chi connectivity index (χ0v) is 7.90. The van der Waals surface area contributed by atoms with E-state index in [4.69, 9.17) is 5.11 Å². The number of rotatable bonds is 0. The molecular weight excluding hydrogens is 201 g/mol. The maximum absolute atomic E-state index is 13.4. The Kier molecular flexibility index (Phi) is 2.07. The van der Waals surface area contributed by atoms with Crippen molar-refractivity contribution in [3.8, 4) is 5.75 Å². The van der Waals surface area contributed by atoms with Crippen LogP contribution >= 0.6 is 0 Å². The number of carbonyl (C=O) groups excluding carboxylic acids is 1. The molecule has 0 spiro atoms. The van der Waals surface area contributed by atoms with E-state index in [2.05, 4.69) is 4.74 Å². The highest BCUT2D eigenvalue weighted by Gasteiger charge is 2.13. The lowest BCUT2D eigenvalue weighted by Crippen LogP contribution is -2.09. The van der Waals surface area contributed by atoms with Crippen molar-refractivity contribution >= 4 is 17.0 Å². The summed E-state index contributed by atoms with van der Waals surface area (Å²) in [6.07, 6.45) is 0.786. The van der Waals surface area contributed by atoms with Crippen LogP contribution in [0.5, 0.6) is 5.75 Å². The SMILES string of the molecule is COC(=O)n1ccc2c(F)c(O)ccc21. The first-order valence-electron chi connectivity index (χ1n) is 4.22. The molecule has 0 aliphatic heterocycles. The molecule has 0 atom stereocenters. The molecule has 2 rings (SSSR count). The summed E-state index contributed by atoms with van der Waals surface area (Å²) in [6, 6.07) is 4.04. The molecule has 1 aromatic heterocycles. The number of hydrogen-bond donors (Lipinski definition) is 1. The molecule has 1 heterocycles. The molecule has 15 heavy (non-hydrogen) atoms. The number of hydrogen-bond acceptors (Lipinski definition) is 3. The van der Waals surface area contributed by atoms with Crippen molar-refractivity contribution in [3.63, 3.8) is 0 Å². The van der Waals surface area contributed by atoms with Crippen LogP contribution in [-0.4, -0.2) is 22.9 Å². The smallest absolute Gasteiger partial charge is 0.418 e. The van der Waals surface area contributed by atoms with E-state index in [1.54, 1.807) is 0 Å². The Morgan fingerprint density at radius 1 is 1.47 bits per heavy atom. The molecule has 0 amide bonds. The standard InChI is InChI=1S/C10H8FNO3/c1-15-10(14)12-5-4-6-7(12)2-3-8(13)9(6)11/h2-5,13H,1H3. The molecule has 0 saturated heterocycles. The predicted octanol–water partition coefficient (Wildman–Crippen LogP) is 2.10. The topological polar surface area (TPSA) is 51.5 Å². The highest BCUT2D eigenvalue weighted by atomic mass is 19.1. The van der Waals surface area contributed by atoms with E-state index < -0.39 is 17.7 Å². The highest BCUT2D eigenvalue weighted by Crippen LogP contribution is 2.26. The summed E-state index contributed by atoms with van der Waals surface area (Å²) < 4.78 is 19.0. The molecule has 0 saturated carbocycles. The number of aromatic hydroxyl groups is 1. The van der Waals surface area contributed by atoms with Gasteiger partial charge in [-0.1, -0.05) is 0 Å². The monoisotopic (exact) mass is 209 g/mol. The minimum absolute atomic E-state index is 0.181. The van der Waals surface area contributed by atoms with Crippen molar-refractivity contribution in [3.05, 3.63) is 30.2 Å². The third kappa shape index (κ3) is 1.32. The van der Waals surface area contributed by atoms with Crippen molar-refractivity contribution < 1.29 is 19.0 Å². The van der Waals surface area contributed by atoms with Gasteiger partial charge in [-0.05, 0) is 18.2 Å². The van der Waals surface area contributed by atoms with Gasteiger partial charge < -0.3 is 9.84 Å². The van der Waals surface area contributed by atoms with Crippen molar-refractivity contribution in [1.82, 2.24) is 4.57 Å². The van der Waals surface area contributed by atoms with Gasteiger partial charge in [0, 0.05) is 11.6 Å². The Hall–Kier alpha value is -2.04. The Morgan fingerprint density at radius 3 is 2.87 bits per heavy atom. The Morgan fingerprint density at radius 2 is 2.20 bits per heavy atom. The number of fused-ring (bicyclic) bond motifs is 1. The van der Waals surface area contributed by atoms with E-state index in [1.807, 2.05) is 0 Å². The second kappa shape index (κ2) is 3.27. The Labute approximate surface area is 84.5 Å². The number of halogens is 1. The lowest BCUT2D eigenvalue weighted by Gasteiger charge is -2.02. The summed E-state index contributed by atoms with van der Waals surface area (Å²) in [7, 11) is 1.24. The molecule has 1 aromatic carbocycles. The zero-order chi connectivity index (χ0) is 11.0. The van der Waals surface area contributed by atoms with Crippen molar-refractivity contribution in [2.24, 2.45) is 0 Å². The van der Waals surface area contributed by atoms with E-state index in [1.165, 1.54) is 31.5 Å². The largest absolute Gasteiger partial charge is 0.505 e. The number of phenols is 1. The molecule has 5 heteroatoms. The molecule has 0 radical (unpaired) electrons. The lowest BCUT2D eigenvalue weighted by molar-refractivity contribution is 0.174. The molecule has 1 N–H and O–H groups in total. The van der Waals surface area contributed by atoms with E-state index in [-0.39, 0.29) is 5.39 Å². The van der Waals surface area contributed by atoms with Gasteiger partial charge in [-0.15, -0.1) is 0 Å². The minimum Gasteiger partial charge on any atom is -0.505 e. The Balaban J connectivity index is 2.72. The van der Waals surface area contributed by atoms with Crippen LogP contribution in [0.3, 0.4) is 0 Å². The first kappa shape index (κ1) is 9.51. The van der Waals surface area contributed by atoms with E-state index in [0.29, 0.717) is 5.52 Å². The summed E-state index contributed by atoms with van der Waals surface area (Å²) in [6.45, 7) is 0. The van der Waals surface area contributed by atoms with Crippen LogP contribution < -0.4 is 0 Å². The highest BCUT2D eigenvalue weighted by molar-refractivity contribution is 5.90. The average Bonchev–Trinajstić information content (AvgIpc) is 2.66. The van der Waals surface area contributed by atoms with Gasteiger partial charge in [-0.3, -0.25) is 4.57 Å². The van der Waals surface area contributed by atoms with Gasteiger partial charge in [0.05, 0.1) is 12.6 Å². The van der Waals surface area contributed by atoms with Crippen LogP contribution in [-0.2, 0) is 4.74 Å². The molecule has 78 valence electrons. The van der Waals surface area contributed by atoms with E-state index in [0.717, 1.165) is 4.57 Å². The minimum atomic E-state index is -0.741. The first-order chi connectivity index (χ1) is 7.15. The second-order valence-electron chi connectivity index (χ2n) is 2.99. The predicted molar refractivity (Wildman–Crippen MR) is 51.4 cm³/mol. The number of nitrogens with zero attached hydrogens (tertiary/aromatic N) is 1. The van der Waals surface area contributed by atoms with Gasteiger partial charge in [0.2, 0.25) is 0 Å². The third-order valence-electron chi connectivity index (χ3n) is 2.16. The summed E-state index contributed by atoms with van der Waals surface area (Å²) in [5.41, 5.74) is 0.358. The Bertz CT molecular complexity index is 533. The van der Waals surface area contributed by atoms with Crippen molar-refractivity contribution in [2.45, 2.75) is 0 Å². The van der Waals surface area contributed by atoms with Crippen molar-refractivity contribution in [2.75, 3.05) is 7.11 Å². The van der Waals surface area contributed by atoms with Crippen LogP contribution in [0.1, 0.15) is 0 Å². The van der Waals surface area contributed by atoms with Gasteiger partial charge in [0.1, 0.15) is 0 Å². The maximum Gasteiger partial charge on any atom is 0.418 e. The normalized spacial score (nSPS) is 10.5. The summed E-state index contributed by atoms with van der Waals surface area (Å²) >= 11 is 0. The molecule has 4 nitrogen and oxygen atoms in total. The summed E-state index contributed by atoms with van der Waals surface area (Å²) in [5.74, 6) is -1.18. The van der Waals surface area contributed by atoms with Crippen molar-refractivity contribution in [1.29, 1.82) is 0 Å². The first-order valence-corrected chi connectivity index (χ1v) is 4.22. The van der Waals surface area contributed by atoms with Crippen LogP contribution in [0.2, 0.25) is 0 Å². The van der Waals surface area contributed by atoms with Gasteiger partial charge in [0.25, 0.3) is 0 Å². The molecule has 0 aliphatic rings. The fraction of sp³-hybridized carbons (Fsp3) is 0.100. The number of aromatic nitrogens is 1. The average molecular weight is 209 g/mol. The molecule has 0 fully saturated rings. The second-order valence-corrected chi connectivity index (χ2v) is 2.99. The third-order valence-corrected chi connectivity index (χ3v) is 2.16. The van der Waals surface area contributed by atoms with Gasteiger partial charge in [-0.25, -0.2) is 9.18 Å². The molecule has 0 bridgehead atoms. The number of phenolic OH excluding ortho intramolecular Hbond substituents is 1. The molecule has 0 unspecified atom stereocenters. The van der Waals surface area contributed by atoms with Gasteiger partial charge >= 0.3 is 6.09 Å². The van der Waals surface area contributed by atoms with Gasteiger partial charge in [0.15, 0.2) is 11.6 Å². The molecule has 2 aromatic rings. The van der Waals surface area contributed by atoms with E-state index >= 15 is 0 Å².